The number of aromatic nitrogens is 2. The zero-order valence-corrected chi connectivity index (χ0v) is 8.65. The van der Waals surface area contributed by atoms with Crippen LogP contribution in [0.1, 0.15) is 19.8 Å². The fraction of sp³-hybridized carbons (Fsp3) is 0.500. The van der Waals surface area contributed by atoms with E-state index < -0.39 is 0 Å². The average Bonchev–Trinajstić information content (AvgIpc) is 2.76. The summed E-state index contributed by atoms with van der Waals surface area (Å²) >= 11 is 11.5. The molecule has 1 aromatic rings. The van der Waals surface area contributed by atoms with E-state index in [-0.39, 0.29) is 10.8 Å². The van der Waals surface area contributed by atoms with Gasteiger partial charge in [0, 0.05) is 5.54 Å². The molecule has 1 aromatic heterocycles. The van der Waals surface area contributed by atoms with Gasteiger partial charge in [-0.05, 0) is 31.4 Å². The first-order valence-electron chi connectivity index (χ1n) is 4.05. The molecule has 0 aromatic carbocycles. The number of halogens is 2. The lowest BCUT2D eigenvalue weighted by Gasteiger charge is -2.12. The number of hydrogen-bond acceptors (Lipinski definition) is 3. The van der Waals surface area contributed by atoms with Crippen LogP contribution < -0.4 is 5.32 Å². The Morgan fingerprint density at radius 2 is 2.15 bits per heavy atom. The van der Waals surface area contributed by atoms with Gasteiger partial charge in [-0.15, -0.1) is 0 Å². The second kappa shape index (κ2) is 3.00. The molecule has 3 nitrogen and oxygen atoms in total. The van der Waals surface area contributed by atoms with Crippen LogP contribution in [-0.2, 0) is 0 Å². The van der Waals surface area contributed by atoms with Crippen LogP contribution in [0.15, 0.2) is 6.20 Å². The molecule has 0 radical (unpaired) electrons. The topological polar surface area (TPSA) is 37.8 Å². The molecule has 1 aliphatic carbocycles. The minimum Gasteiger partial charge on any atom is -0.364 e. The largest absolute Gasteiger partial charge is 0.364 e. The van der Waals surface area contributed by atoms with Gasteiger partial charge in [-0.25, -0.2) is 4.98 Å². The van der Waals surface area contributed by atoms with Crippen LogP contribution in [0.5, 0.6) is 0 Å². The van der Waals surface area contributed by atoms with Crippen molar-refractivity contribution in [2.75, 3.05) is 5.32 Å². The lowest BCUT2D eigenvalue weighted by molar-refractivity contribution is 0.819. The monoisotopic (exact) mass is 217 g/mol. The molecule has 1 fully saturated rings. The fourth-order valence-corrected chi connectivity index (χ4v) is 1.30. The fourth-order valence-electron chi connectivity index (χ4n) is 1.03. The zero-order valence-electron chi connectivity index (χ0n) is 7.14. The number of rotatable bonds is 2. The van der Waals surface area contributed by atoms with Gasteiger partial charge in [0.2, 0.25) is 5.28 Å². The van der Waals surface area contributed by atoms with Gasteiger partial charge in [-0.2, -0.15) is 4.98 Å². The van der Waals surface area contributed by atoms with Crippen LogP contribution in [0.25, 0.3) is 0 Å². The SMILES string of the molecule is CC1(Nc2nc(Cl)ncc2Cl)CC1. The highest BCUT2D eigenvalue weighted by atomic mass is 35.5. The van der Waals surface area contributed by atoms with Gasteiger partial charge in [-0.1, -0.05) is 11.6 Å². The van der Waals surface area contributed by atoms with E-state index in [1.54, 1.807) is 0 Å². The normalized spacial score (nSPS) is 18.4. The summed E-state index contributed by atoms with van der Waals surface area (Å²) in [5.74, 6) is 0.627. The number of nitrogens with one attached hydrogen (secondary N) is 1. The Bertz CT molecular complexity index is 336. The predicted octanol–water partition coefficient (Wildman–Crippen LogP) is 2.75. The molecular weight excluding hydrogens is 209 g/mol. The quantitative estimate of drug-likeness (QED) is 0.775. The minimum absolute atomic E-state index is 0.154. The molecular formula is C8H9Cl2N3. The third kappa shape index (κ3) is 2.03. The molecule has 2 rings (SSSR count). The highest BCUT2D eigenvalue weighted by Gasteiger charge is 2.37. The Hall–Kier alpha value is -0.540. The smallest absolute Gasteiger partial charge is 0.224 e. The molecule has 70 valence electrons. The molecule has 0 atom stereocenters. The Morgan fingerprint density at radius 1 is 1.46 bits per heavy atom. The molecule has 0 bridgehead atoms. The van der Waals surface area contributed by atoms with Crippen molar-refractivity contribution in [2.24, 2.45) is 0 Å². The third-order valence-corrected chi connectivity index (χ3v) is 2.59. The molecule has 13 heavy (non-hydrogen) atoms. The van der Waals surface area contributed by atoms with Crippen molar-refractivity contribution in [2.45, 2.75) is 25.3 Å². The third-order valence-electron chi connectivity index (χ3n) is 2.13. The number of nitrogens with zero attached hydrogens (tertiary/aromatic N) is 2. The van der Waals surface area contributed by atoms with E-state index in [1.807, 2.05) is 0 Å². The van der Waals surface area contributed by atoms with Gasteiger partial charge in [0.05, 0.1) is 6.20 Å². The van der Waals surface area contributed by atoms with Gasteiger partial charge >= 0.3 is 0 Å². The summed E-state index contributed by atoms with van der Waals surface area (Å²) in [6.45, 7) is 2.12. The van der Waals surface area contributed by atoms with E-state index in [0.717, 1.165) is 12.8 Å². The average molecular weight is 218 g/mol. The van der Waals surface area contributed by atoms with Crippen LogP contribution in [0.4, 0.5) is 5.82 Å². The summed E-state index contributed by atoms with van der Waals surface area (Å²) in [4.78, 5) is 7.78. The van der Waals surface area contributed by atoms with Crippen LogP contribution in [-0.4, -0.2) is 15.5 Å². The molecule has 0 amide bonds. The second-order valence-electron chi connectivity index (χ2n) is 3.52. The molecule has 0 saturated heterocycles. The standard InChI is InChI=1S/C8H9Cl2N3/c1-8(2-3-8)13-6-5(9)4-11-7(10)12-6/h4H,2-3H2,1H3,(H,11,12,13). The van der Waals surface area contributed by atoms with Crippen molar-refractivity contribution >= 4 is 29.0 Å². The Labute approximate surface area is 86.5 Å². The molecule has 5 heteroatoms. The lowest BCUT2D eigenvalue weighted by Crippen LogP contribution is -2.17. The van der Waals surface area contributed by atoms with Crippen molar-refractivity contribution < 1.29 is 0 Å². The number of anilines is 1. The Morgan fingerprint density at radius 3 is 2.77 bits per heavy atom. The zero-order chi connectivity index (χ0) is 9.47. The van der Waals surface area contributed by atoms with Crippen LogP contribution in [0.2, 0.25) is 10.3 Å². The molecule has 1 N–H and O–H groups in total. The molecule has 0 unspecified atom stereocenters. The highest BCUT2D eigenvalue weighted by molar-refractivity contribution is 6.33. The molecule has 1 aliphatic rings. The van der Waals surface area contributed by atoms with Crippen LogP contribution in [0, 0.1) is 0 Å². The Balaban J connectivity index is 2.23. The first-order valence-corrected chi connectivity index (χ1v) is 4.81. The summed E-state index contributed by atoms with van der Waals surface area (Å²) in [6, 6.07) is 0. The molecule has 0 aliphatic heterocycles. The van der Waals surface area contributed by atoms with Crippen LogP contribution in [0.3, 0.4) is 0 Å². The predicted molar refractivity (Wildman–Crippen MR) is 53.3 cm³/mol. The first kappa shape index (κ1) is 9.03. The van der Waals surface area contributed by atoms with E-state index in [1.165, 1.54) is 6.20 Å². The van der Waals surface area contributed by atoms with Crippen molar-refractivity contribution in [1.82, 2.24) is 9.97 Å². The highest BCUT2D eigenvalue weighted by Crippen LogP contribution is 2.39. The van der Waals surface area contributed by atoms with Crippen molar-refractivity contribution in [3.05, 3.63) is 16.5 Å². The summed E-state index contributed by atoms with van der Waals surface area (Å²) in [6.07, 6.45) is 3.79. The van der Waals surface area contributed by atoms with Gasteiger partial charge in [0.1, 0.15) is 10.8 Å². The van der Waals surface area contributed by atoms with Crippen LogP contribution >= 0.6 is 23.2 Å². The number of hydrogen-bond donors (Lipinski definition) is 1. The summed E-state index contributed by atoms with van der Waals surface area (Å²) in [5, 5.41) is 3.96. The summed E-state index contributed by atoms with van der Waals surface area (Å²) < 4.78 is 0. The van der Waals surface area contributed by atoms with Gasteiger partial charge in [-0.3, -0.25) is 0 Å². The minimum atomic E-state index is 0.154. The van der Waals surface area contributed by atoms with Gasteiger partial charge in [0.25, 0.3) is 0 Å². The van der Waals surface area contributed by atoms with Crippen molar-refractivity contribution in [3.8, 4) is 0 Å². The maximum atomic E-state index is 5.88. The second-order valence-corrected chi connectivity index (χ2v) is 4.27. The molecule has 1 saturated carbocycles. The van der Waals surface area contributed by atoms with Gasteiger partial charge in [0.15, 0.2) is 0 Å². The van der Waals surface area contributed by atoms with E-state index in [4.69, 9.17) is 23.2 Å². The maximum absolute atomic E-state index is 5.88. The van der Waals surface area contributed by atoms with E-state index in [9.17, 15) is 0 Å². The first-order chi connectivity index (χ1) is 6.09. The molecule has 1 heterocycles. The maximum Gasteiger partial charge on any atom is 0.224 e. The van der Waals surface area contributed by atoms with E-state index in [0.29, 0.717) is 10.8 Å². The summed E-state index contributed by atoms with van der Waals surface area (Å²) in [7, 11) is 0. The van der Waals surface area contributed by atoms with Crippen molar-refractivity contribution in [3.63, 3.8) is 0 Å². The van der Waals surface area contributed by atoms with Crippen molar-refractivity contribution in [1.29, 1.82) is 0 Å². The van der Waals surface area contributed by atoms with E-state index in [2.05, 4.69) is 22.2 Å². The Kier molecular flexibility index (Phi) is 2.08. The van der Waals surface area contributed by atoms with Gasteiger partial charge < -0.3 is 5.32 Å². The van der Waals surface area contributed by atoms with E-state index >= 15 is 0 Å². The lowest BCUT2D eigenvalue weighted by atomic mass is 10.3. The molecule has 0 spiro atoms. The summed E-state index contributed by atoms with van der Waals surface area (Å²) in [5.41, 5.74) is 0.154.